The largest absolute Gasteiger partial charge is 0.454 e. The molecule has 8 nitrogen and oxygen atoms in total. The number of benzene rings is 1. The summed E-state index contributed by atoms with van der Waals surface area (Å²) in [7, 11) is -3.23. The number of ether oxygens (including phenoxy) is 2. The first-order valence-electron chi connectivity index (χ1n) is 9.86. The molecule has 0 saturated carbocycles. The van der Waals surface area contributed by atoms with Gasteiger partial charge >= 0.3 is 0 Å². The molecule has 2 saturated heterocycles. The highest BCUT2D eigenvalue weighted by atomic mass is 32.2. The van der Waals surface area contributed by atoms with Gasteiger partial charge in [-0.15, -0.1) is 0 Å². The summed E-state index contributed by atoms with van der Waals surface area (Å²) in [6.07, 6.45) is 2.74. The Morgan fingerprint density at radius 2 is 1.93 bits per heavy atom. The molecule has 0 bridgehead atoms. The predicted octanol–water partition coefficient (Wildman–Crippen LogP) is -0.686. The number of carbonyl (C=O) groups excluding carboxylic acids is 1. The lowest BCUT2D eigenvalue weighted by Gasteiger charge is -2.37. The van der Waals surface area contributed by atoms with E-state index in [0.717, 1.165) is 44.0 Å². The number of nitrogens with one attached hydrogen (secondary N) is 1. The lowest BCUT2D eigenvalue weighted by atomic mass is 9.97. The van der Waals surface area contributed by atoms with Gasteiger partial charge in [0.2, 0.25) is 22.7 Å². The Balaban J connectivity index is 1.29. The molecule has 3 aliphatic heterocycles. The normalized spacial score (nSPS) is 23.8. The summed E-state index contributed by atoms with van der Waals surface area (Å²) >= 11 is 0. The lowest BCUT2D eigenvalue weighted by Crippen LogP contribution is -3.13. The number of nitrogens with zero attached hydrogens (tertiary/aromatic N) is 2. The first-order valence-corrected chi connectivity index (χ1v) is 11.7. The number of piperazine rings is 1. The lowest BCUT2D eigenvalue weighted by molar-refractivity contribution is -0.917. The number of rotatable bonds is 4. The van der Waals surface area contributed by atoms with Crippen molar-refractivity contribution in [2.45, 2.75) is 19.4 Å². The number of carbonyl (C=O) groups is 1. The molecule has 154 valence electrons. The Morgan fingerprint density at radius 3 is 2.68 bits per heavy atom. The molecule has 9 heteroatoms. The standard InChI is InChI=1S/C19H27N3O5S/c1-28(24,25)22-6-2-3-16(13-22)19(23)21-9-7-20(8-10-21)12-15-4-5-17-18(11-15)27-14-26-17/h4-5,11,16H,2-3,6-10,12-14H2,1H3/p+1/t16-/m1/s1. The van der Waals surface area contributed by atoms with Crippen molar-refractivity contribution in [1.29, 1.82) is 0 Å². The van der Waals surface area contributed by atoms with Crippen LogP contribution in [0.15, 0.2) is 18.2 Å². The summed E-state index contributed by atoms with van der Waals surface area (Å²) in [5.41, 5.74) is 1.20. The maximum Gasteiger partial charge on any atom is 0.231 e. The van der Waals surface area contributed by atoms with Crippen molar-refractivity contribution in [2.75, 3.05) is 52.3 Å². The number of piperidine rings is 1. The van der Waals surface area contributed by atoms with Crippen molar-refractivity contribution in [3.63, 3.8) is 0 Å². The molecule has 1 N–H and O–H groups in total. The third-order valence-electron chi connectivity index (χ3n) is 5.88. The first kappa shape index (κ1) is 19.5. The minimum absolute atomic E-state index is 0.107. The summed E-state index contributed by atoms with van der Waals surface area (Å²) in [6.45, 7) is 5.24. The molecule has 3 heterocycles. The molecule has 1 aromatic carbocycles. The zero-order valence-electron chi connectivity index (χ0n) is 16.2. The van der Waals surface area contributed by atoms with Gasteiger partial charge < -0.3 is 19.3 Å². The average molecular weight is 411 g/mol. The van der Waals surface area contributed by atoms with Crippen LogP contribution in [0.3, 0.4) is 0 Å². The number of hydrogen-bond acceptors (Lipinski definition) is 5. The summed E-state index contributed by atoms with van der Waals surface area (Å²) in [4.78, 5) is 16.2. The van der Waals surface area contributed by atoms with E-state index in [1.54, 1.807) is 0 Å². The van der Waals surface area contributed by atoms with Crippen LogP contribution in [0.25, 0.3) is 0 Å². The second-order valence-electron chi connectivity index (χ2n) is 7.90. The van der Waals surface area contributed by atoms with E-state index in [2.05, 4.69) is 6.07 Å². The van der Waals surface area contributed by atoms with Crippen molar-refractivity contribution in [2.24, 2.45) is 5.92 Å². The zero-order chi connectivity index (χ0) is 19.7. The zero-order valence-corrected chi connectivity index (χ0v) is 17.0. The molecule has 0 unspecified atom stereocenters. The van der Waals surface area contributed by atoms with E-state index in [4.69, 9.17) is 9.47 Å². The van der Waals surface area contributed by atoms with Crippen LogP contribution in [0.1, 0.15) is 18.4 Å². The van der Waals surface area contributed by atoms with Gasteiger partial charge in [0.1, 0.15) is 6.54 Å². The van der Waals surface area contributed by atoms with Crippen molar-refractivity contribution in [3.8, 4) is 11.5 Å². The second-order valence-corrected chi connectivity index (χ2v) is 9.88. The van der Waals surface area contributed by atoms with Gasteiger partial charge in [-0.1, -0.05) is 0 Å². The summed E-state index contributed by atoms with van der Waals surface area (Å²) in [6, 6.07) is 6.06. The van der Waals surface area contributed by atoms with Crippen LogP contribution in [0, 0.1) is 5.92 Å². The smallest absolute Gasteiger partial charge is 0.231 e. The topological polar surface area (TPSA) is 80.6 Å². The monoisotopic (exact) mass is 410 g/mol. The van der Waals surface area contributed by atoms with Gasteiger partial charge in [-0.25, -0.2) is 12.7 Å². The molecule has 1 aromatic rings. The molecular weight excluding hydrogens is 382 g/mol. The molecule has 3 aliphatic rings. The van der Waals surface area contributed by atoms with Gasteiger partial charge in [0, 0.05) is 18.7 Å². The molecular formula is C19H28N3O5S+. The highest BCUT2D eigenvalue weighted by Gasteiger charge is 2.34. The van der Waals surface area contributed by atoms with Crippen LogP contribution >= 0.6 is 0 Å². The highest BCUT2D eigenvalue weighted by Crippen LogP contribution is 2.32. The van der Waals surface area contributed by atoms with Crippen molar-refractivity contribution >= 4 is 15.9 Å². The fourth-order valence-electron chi connectivity index (χ4n) is 4.26. The molecule has 0 aliphatic carbocycles. The van der Waals surface area contributed by atoms with Crippen LogP contribution in [-0.4, -0.2) is 75.8 Å². The Kier molecular flexibility index (Phi) is 5.48. The summed E-state index contributed by atoms with van der Waals surface area (Å²) in [5, 5.41) is 0. The molecule has 0 aromatic heterocycles. The van der Waals surface area contributed by atoms with Gasteiger partial charge in [-0.2, -0.15) is 0 Å². The van der Waals surface area contributed by atoms with Gasteiger partial charge in [-0.3, -0.25) is 4.79 Å². The first-order chi connectivity index (χ1) is 13.4. The molecule has 1 amide bonds. The Bertz CT molecular complexity index is 836. The van der Waals surface area contributed by atoms with Crippen molar-refractivity contribution < 1.29 is 27.6 Å². The van der Waals surface area contributed by atoms with Gasteiger partial charge in [0.05, 0.1) is 38.4 Å². The fourth-order valence-corrected chi connectivity index (χ4v) is 5.17. The Labute approximate surface area is 166 Å². The highest BCUT2D eigenvalue weighted by molar-refractivity contribution is 7.88. The predicted molar refractivity (Wildman–Crippen MR) is 103 cm³/mol. The Morgan fingerprint density at radius 1 is 1.18 bits per heavy atom. The molecule has 0 spiro atoms. The van der Waals surface area contributed by atoms with Crippen LogP contribution < -0.4 is 14.4 Å². The van der Waals surface area contributed by atoms with E-state index in [9.17, 15) is 13.2 Å². The van der Waals surface area contributed by atoms with Crippen LogP contribution in [0.5, 0.6) is 11.5 Å². The maximum atomic E-state index is 12.9. The van der Waals surface area contributed by atoms with Gasteiger partial charge in [0.25, 0.3) is 0 Å². The number of hydrogen-bond donors (Lipinski definition) is 1. The number of quaternary nitrogens is 1. The third-order valence-corrected chi connectivity index (χ3v) is 7.15. The van der Waals surface area contributed by atoms with Gasteiger partial charge in [-0.05, 0) is 31.0 Å². The van der Waals surface area contributed by atoms with E-state index in [-0.39, 0.29) is 18.6 Å². The maximum absolute atomic E-state index is 12.9. The van der Waals surface area contributed by atoms with E-state index in [1.807, 2.05) is 17.0 Å². The minimum atomic E-state index is -3.23. The average Bonchev–Trinajstić information content (AvgIpc) is 3.15. The molecule has 1 atom stereocenters. The van der Waals surface area contributed by atoms with E-state index in [1.165, 1.54) is 21.0 Å². The van der Waals surface area contributed by atoms with Crippen LogP contribution in [-0.2, 0) is 21.4 Å². The fraction of sp³-hybridized carbons (Fsp3) is 0.632. The molecule has 4 rings (SSSR count). The third kappa shape index (κ3) is 4.26. The molecule has 28 heavy (non-hydrogen) atoms. The van der Waals surface area contributed by atoms with Crippen molar-refractivity contribution in [3.05, 3.63) is 23.8 Å². The second kappa shape index (κ2) is 7.88. The van der Waals surface area contributed by atoms with E-state index >= 15 is 0 Å². The number of fused-ring (bicyclic) bond motifs is 1. The minimum Gasteiger partial charge on any atom is -0.454 e. The van der Waals surface area contributed by atoms with Crippen molar-refractivity contribution in [1.82, 2.24) is 9.21 Å². The Hall–Kier alpha value is -1.84. The molecule has 2 fully saturated rings. The summed E-state index contributed by atoms with van der Waals surface area (Å²) < 4.78 is 35.8. The van der Waals surface area contributed by atoms with Crippen LogP contribution in [0.2, 0.25) is 0 Å². The quantitative estimate of drug-likeness (QED) is 0.711. The molecule has 0 radical (unpaired) electrons. The van der Waals surface area contributed by atoms with E-state index < -0.39 is 10.0 Å². The number of amides is 1. The summed E-state index contributed by atoms with van der Waals surface area (Å²) in [5.74, 6) is 1.50. The van der Waals surface area contributed by atoms with Gasteiger partial charge in [0.15, 0.2) is 11.5 Å². The number of sulfonamides is 1. The van der Waals surface area contributed by atoms with Crippen LogP contribution in [0.4, 0.5) is 0 Å². The SMILES string of the molecule is CS(=O)(=O)N1CCC[C@@H](C(=O)N2CC[NH+](Cc3ccc4c(c3)OCO4)CC2)C1. The van der Waals surface area contributed by atoms with E-state index in [0.29, 0.717) is 26.2 Å².